The molecule has 7 nitrogen and oxygen atoms in total. The number of carbonyl (C=O) groups is 2. The number of nitrogens with zero attached hydrogens (tertiary/aromatic N) is 2. The Hall–Kier alpha value is -2.48. The topological polar surface area (TPSA) is 101 Å². The summed E-state index contributed by atoms with van der Waals surface area (Å²) >= 11 is 1.03. The highest BCUT2D eigenvalue weighted by atomic mass is 32.1. The molecule has 2 aromatic heterocycles. The number of esters is 1. The fourth-order valence-corrected chi connectivity index (χ4v) is 2.82. The van der Waals surface area contributed by atoms with Crippen molar-refractivity contribution >= 4 is 29.0 Å². The highest BCUT2D eigenvalue weighted by Crippen LogP contribution is 2.33. The first-order valence-corrected chi connectivity index (χ1v) is 8.04. The van der Waals surface area contributed by atoms with Crippen LogP contribution in [0.1, 0.15) is 29.4 Å². The summed E-state index contributed by atoms with van der Waals surface area (Å²) < 4.78 is 4.87. The number of rotatable bonds is 5. The van der Waals surface area contributed by atoms with Crippen molar-refractivity contribution in [2.24, 2.45) is 5.92 Å². The Morgan fingerprint density at radius 1 is 1.48 bits per heavy atom. The molecule has 120 valence electrons. The van der Waals surface area contributed by atoms with Gasteiger partial charge in [-0.25, -0.2) is 14.8 Å². The minimum absolute atomic E-state index is 0.0381. The fraction of sp³-hybridized carbons (Fsp3) is 0.333. The summed E-state index contributed by atoms with van der Waals surface area (Å²) in [5.74, 6) is -0.496. The Labute approximate surface area is 136 Å². The molecule has 2 heterocycles. The number of thiazole rings is 1. The number of amides is 1. The Morgan fingerprint density at radius 3 is 2.96 bits per heavy atom. The molecule has 0 spiro atoms. The van der Waals surface area contributed by atoms with Crippen LogP contribution in [0.3, 0.4) is 0 Å². The first-order chi connectivity index (χ1) is 11.1. The second kappa shape index (κ2) is 6.33. The Bertz CT molecular complexity index is 755. The number of aromatic nitrogens is 2. The van der Waals surface area contributed by atoms with Crippen LogP contribution in [0.5, 0.6) is 5.88 Å². The van der Waals surface area contributed by atoms with E-state index in [1.54, 1.807) is 25.3 Å². The zero-order chi connectivity index (χ0) is 16.4. The van der Waals surface area contributed by atoms with E-state index in [4.69, 9.17) is 4.74 Å². The predicted octanol–water partition coefficient (Wildman–Crippen LogP) is 2.44. The van der Waals surface area contributed by atoms with Crippen molar-refractivity contribution in [2.75, 3.05) is 11.9 Å². The molecule has 0 bridgehead atoms. The van der Waals surface area contributed by atoms with Gasteiger partial charge in [0.25, 0.3) is 0 Å². The smallest absolute Gasteiger partial charge is 0.353 e. The van der Waals surface area contributed by atoms with E-state index in [9.17, 15) is 14.7 Å². The Balaban J connectivity index is 1.82. The molecule has 1 aliphatic rings. The lowest BCUT2D eigenvalue weighted by atomic mass is 10.2. The van der Waals surface area contributed by atoms with Crippen molar-refractivity contribution in [1.29, 1.82) is 0 Å². The van der Waals surface area contributed by atoms with Gasteiger partial charge in [0.1, 0.15) is 10.8 Å². The average Bonchev–Trinajstić information content (AvgIpc) is 3.30. The first-order valence-electron chi connectivity index (χ1n) is 7.22. The zero-order valence-electron chi connectivity index (χ0n) is 12.4. The van der Waals surface area contributed by atoms with Gasteiger partial charge in [-0.15, -0.1) is 11.3 Å². The van der Waals surface area contributed by atoms with Gasteiger partial charge in [-0.3, -0.25) is 4.79 Å². The molecule has 23 heavy (non-hydrogen) atoms. The molecule has 1 saturated carbocycles. The summed E-state index contributed by atoms with van der Waals surface area (Å²) in [6.45, 7) is 1.91. The number of anilines is 1. The molecule has 0 aromatic carbocycles. The van der Waals surface area contributed by atoms with Gasteiger partial charge in [0, 0.05) is 17.7 Å². The van der Waals surface area contributed by atoms with E-state index in [0.717, 1.165) is 24.2 Å². The van der Waals surface area contributed by atoms with E-state index in [1.807, 2.05) is 0 Å². The van der Waals surface area contributed by atoms with Crippen LogP contribution in [0.4, 0.5) is 5.82 Å². The summed E-state index contributed by atoms with van der Waals surface area (Å²) in [5, 5.41) is 13.0. The zero-order valence-corrected chi connectivity index (χ0v) is 13.2. The van der Waals surface area contributed by atoms with Gasteiger partial charge in [0.2, 0.25) is 11.8 Å². The van der Waals surface area contributed by atoms with E-state index in [0.29, 0.717) is 16.4 Å². The summed E-state index contributed by atoms with van der Waals surface area (Å²) in [5.41, 5.74) is 0.655. The minimum atomic E-state index is -0.606. The molecule has 1 aliphatic carbocycles. The van der Waals surface area contributed by atoms with Crippen LogP contribution in [-0.2, 0) is 9.53 Å². The fourth-order valence-electron chi connectivity index (χ4n) is 1.97. The van der Waals surface area contributed by atoms with Crippen LogP contribution >= 0.6 is 11.3 Å². The van der Waals surface area contributed by atoms with E-state index >= 15 is 0 Å². The van der Waals surface area contributed by atoms with Gasteiger partial charge in [0.15, 0.2) is 4.88 Å². The van der Waals surface area contributed by atoms with Crippen LogP contribution in [0.15, 0.2) is 18.3 Å². The molecule has 8 heteroatoms. The third kappa shape index (κ3) is 3.48. The van der Waals surface area contributed by atoms with Crippen molar-refractivity contribution in [3.8, 4) is 16.5 Å². The van der Waals surface area contributed by atoms with Gasteiger partial charge >= 0.3 is 5.97 Å². The van der Waals surface area contributed by atoms with Crippen molar-refractivity contribution < 1.29 is 19.4 Å². The average molecular weight is 333 g/mol. The quantitative estimate of drug-likeness (QED) is 0.815. The van der Waals surface area contributed by atoms with Gasteiger partial charge in [0.05, 0.1) is 6.61 Å². The van der Waals surface area contributed by atoms with E-state index in [-0.39, 0.29) is 29.2 Å². The highest BCUT2D eigenvalue weighted by molar-refractivity contribution is 7.17. The molecule has 2 N–H and O–H groups in total. The SMILES string of the molecule is CCOC(=O)c1sc(-c2ccnc(NC(=O)C3CC3)c2)nc1O. The molecule has 1 amide bonds. The molecule has 1 fully saturated rings. The number of carbonyl (C=O) groups excluding carboxylic acids is 2. The van der Waals surface area contributed by atoms with Gasteiger partial charge in [-0.05, 0) is 31.9 Å². The number of hydrogen-bond donors (Lipinski definition) is 2. The summed E-state index contributed by atoms with van der Waals surface area (Å²) in [6.07, 6.45) is 3.36. The Morgan fingerprint density at radius 2 is 2.26 bits per heavy atom. The van der Waals surface area contributed by atoms with Crippen molar-refractivity contribution in [1.82, 2.24) is 9.97 Å². The molecule has 0 saturated heterocycles. The molecule has 0 atom stereocenters. The van der Waals surface area contributed by atoms with Crippen LogP contribution in [0.25, 0.3) is 10.6 Å². The van der Waals surface area contributed by atoms with Crippen molar-refractivity contribution in [3.63, 3.8) is 0 Å². The van der Waals surface area contributed by atoms with Gasteiger partial charge < -0.3 is 15.2 Å². The lowest BCUT2D eigenvalue weighted by Gasteiger charge is -2.04. The molecule has 0 aliphatic heterocycles. The minimum Gasteiger partial charge on any atom is -0.492 e. The number of pyridine rings is 1. The Kier molecular flexibility index (Phi) is 4.24. The van der Waals surface area contributed by atoms with Crippen molar-refractivity contribution in [3.05, 3.63) is 23.2 Å². The lowest BCUT2D eigenvalue weighted by molar-refractivity contribution is -0.117. The monoisotopic (exact) mass is 333 g/mol. The highest BCUT2D eigenvalue weighted by Gasteiger charge is 2.29. The molecular formula is C15H15N3O4S. The van der Waals surface area contributed by atoms with Crippen LogP contribution in [-0.4, -0.2) is 33.6 Å². The van der Waals surface area contributed by atoms with Crippen molar-refractivity contribution in [2.45, 2.75) is 19.8 Å². The number of ether oxygens (including phenoxy) is 1. The standard InChI is InChI=1S/C15H15N3O4S/c1-2-22-15(21)11-13(20)18-14(23-11)9-5-6-16-10(7-9)17-12(19)8-3-4-8/h5-8,20H,2-4H2,1H3,(H,16,17,19). The first kappa shape index (κ1) is 15.4. The molecule has 0 unspecified atom stereocenters. The van der Waals surface area contributed by atoms with E-state index in [1.165, 1.54) is 0 Å². The molecule has 3 rings (SSSR count). The molecule has 2 aromatic rings. The maximum atomic E-state index is 11.8. The largest absolute Gasteiger partial charge is 0.492 e. The third-order valence-corrected chi connectivity index (χ3v) is 4.35. The maximum absolute atomic E-state index is 11.8. The second-order valence-corrected chi connectivity index (χ2v) is 6.08. The summed E-state index contributed by atoms with van der Waals surface area (Å²) in [7, 11) is 0. The van der Waals surface area contributed by atoms with Gasteiger partial charge in [-0.2, -0.15) is 0 Å². The predicted molar refractivity (Wildman–Crippen MR) is 84.3 cm³/mol. The summed E-state index contributed by atoms with van der Waals surface area (Å²) in [4.78, 5) is 31.6. The van der Waals surface area contributed by atoms with E-state index < -0.39 is 5.97 Å². The second-order valence-electron chi connectivity index (χ2n) is 5.09. The van der Waals surface area contributed by atoms with Crippen LogP contribution in [0.2, 0.25) is 0 Å². The van der Waals surface area contributed by atoms with Crippen LogP contribution in [0, 0.1) is 5.92 Å². The number of nitrogens with one attached hydrogen (secondary N) is 1. The maximum Gasteiger partial charge on any atom is 0.353 e. The number of hydrogen-bond acceptors (Lipinski definition) is 7. The lowest BCUT2D eigenvalue weighted by Crippen LogP contribution is -2.14. The van der Waals surface area contributed by atoms with Gasteiger partial charge in [-0.1, -0.05) is 0 Å². The molecular weight excluding hydrogens is 318 g/mol. The van der Waals surface area contributed by atoms with Crippen LogP contribution < -0.4 is 5.32 Å². The summed E-state index contributed by atoms with van der Waals surface area (Å²) in [6, 6.07) is 3.35. The third-order valence-electron chi connectivity index (χ3n) is 3.28. The normalized spacial score (nSPS) is 13.6. The molecule has 0 radical (unpaired) electrons. The number of aromatic hydroxyl groups is 1. The van der Waals surface area contributed by atoms with E-state index in [2.05, 4.69) is 15.3 Å².